The predicted octanol–water partition coefficient (Wildman–Crippen LogP) is 1.64. The Kier molecular flexibility index (Phi) is 3.42. The van der Waals surface area contributed by atoms with E-state index in [0.717, 1.165) is 16.9 Å². The van der Waals surface area contributed by atoms with Gasteiger partial charge >= 0.3 is 0 Å². The van der Waals surface area contributed by atoms with E-state index < -0.39 is 0 Å². The molecule has 4 nitrogen and oxygen atoms in total. The van der Waals surface area contributed by atoms with Crippen molar-refractivity contribution >= 4 is 17.3 Å². The summed E-state index contributed by atoms with van der Waals surface area (Å²) in [5.74, 6) is -0.320. The van der Waals surface area contributed by atoms with Crippen molar-refractivity contribution in [1.82, 2.24) is 0 Å². The first kappa shape index (κ1) is 12.4. The van der Waals surface area contributed by atoms with Crippen LogP contribution in [0, 0.1) is 6.92 Å². The lowest BCUT2D eigenvalue weighted by atomic mass is 9.99. The van der Waals surface area contributed by atoms with Crippen LogP contribution in [-0.2, 0) is 4.79 Å². The zero-order valence-corrected chi connectivity index (χ0v) is 10.0. The van der Waals surface area contributed by atoms with Crippen LogP contribution in [0.1, 0.15) is 25.8 Å². The van der Waals surface area contributed by atoms with Gasteiger partial charge in [0.25, 0.3) is 0 Å². The molecule has 0 radical (unpaired) electrons. The molecule has 0 spiro atoms. The molecule has 0 aromatic heterocycles. The molecule has 88 valence electrons. The van der Waals surface area contributed by atoms with E-state index in [1.54, 1.807) is 0 Å². The van der Waals surface area contributed by atoms with Gasteiger partial charge in [-0.25, -0.2) is 0 Å². The van der Waals surface area contributed by atoms with Crippen molar-refractivity contribution in [1.29, 1.82) is 0 Å². The van der Waals surface area contributed by atoms with Crippen LogP contribution in [0.15, 0.2) is 18.2 Å². The molecule has 0 aliphatic rings. The van der Waals surface area contributed by atoms with Crippen LogP contribution in [0.4, 0.5) is 11.4 Å². The molecular formula is C12H19N3O. The zero-order valence-electron chi connectivity index (χ0n) is 10.0. The molecular weight excluding hydrogens is 202 g/mol. The second-order valence-electron chi connectivity index (χ2n) is 4.67. The van der Waals surface area contributed by atoms with Crippen LogP contribution in [0.3, 0.4) is 0 Å². The Morgan fingerprint density at radius 1 is 1.44 bits per heavy atom. The van der Waals surface area contributed by atoms with Crippen molar-refractivity contribution in [2.75, 3.05) is 11.1 Å². The van der Waals surface area contributed by atoms with Gasteiger partial charge in [-0.05, 0) is 38.5 Å². The van der Waals surface area contributed by atoms with Crippen molar-refractivity contribution in [2.24, 2.45) is 5.73 Å². The number of nitrogens with one attached hydrogen (secondary N) is 1. The smallest absolute Gasteiger partial charge is 0.219 e. The summed E-state index contributed by atoms with van der Waals surface area (Å²) in [4.78, 5) is 10.9. The number of benzene rings is 1. The van der Waals surface area contributed by atoms with Crippen molar-refractivity contribution < 1.29 is 4.79 Å². The highest BCUT2D eigenvalue weighted by atomic mass is 16.1. The van der Waals surface area contributed by atoms with Crippen molar-refractivity contribution in [3.8, 4) is 0 Å². The Labute approximate surface area is 96.0 Å². The number of primary amides is 1. The van der Waals surface area contributed by atoms with Gasteiger partial charge in [-0.2, -0.15) is 0 Å². The van der Waals surface area contributed by atoms with E-state index in [4.69, 9.17) is 11.5 Å². The molecule has 16 heavy (non-hydrogen) atoms. The predicted molar refractivity (Wildman–Crippen MR) is 67.1 cm³/mol. The topological polar surface area (TPSA) is 81.1 Å². The Hall–Kier alpha value is -1.71. The average Bonchev–Trinajstić information content (AvgIpc) is 2.10. The Balaban J connectivity index is 2.87. The monoisotopic (exact) mass is 221 g/mol. The van der Waals surface area contributed by atoms with Crippen LogP contribution >= 0.6 is 0 Å². The summed E-state index contributed by atoms with van der Waals surface area (Å²) in [7, 11) is 0. The van der Waals surface area contributed by atoms with Gasteiger partial charge in [0.1, 0.15) is 0 Å². The quantitative estimate of drug-likeness (QED) is 0.676. The van der Waals surface area contributed by atoms with Gasteiger partial charge in [-0.3, -0.25) is 4.79 Å². The van der Waals surface area contributed by atoms with Crippen molar-refractivity contribution in [3.05, 3.63) is 23.8 Å². The van der Waals surface area contributed by atoms with Gasteiger partial charge < -0.3 is 16.8 Å². The summed E-state index contributed by atoms with van der Waals surface area (Å²) >= 11 is 0. The molecule has 0 unspecified atom stereocenters. The van der Waals surface area contributed by atoms with Gasteiger partial charge in [-0.15, -0.1) is 0 Å². The third kappa shape index (κ3) is 3.15. The van der Waals surface area contributed by atoms with E-state index in [-0.39, 0.29) is 17.9 Å². The number of amides is 1. The minimum Gasteiger partial charge on any atom is -0.398 e. The van der Waals surface area contributed by atoms with E-state index in [9.17, 15) is 4.79 Å². The summed E-state index contributed by atoms with van der Waals surface area (Å²) in [6.07, 6.45) is 0.279. The minimum absolute atomic E-state index is 0.279. The van der Waals surface area contributed by atoms with Crippen LogP contribution in [0.5, 0.6) is 0 Å². The second kappa shape index (κ2) is 4.43. The highest BCUT2D eigenvalue weighted by Crippen LogP contribution is 2.25. The molecule has 4 heteroatoms. The lowest BCUT2D eigenvalue weighted by Crippen LogP contribution is -2.36. The Morgan fingerprint density at radius 3 is 2.62 bits per heavy atom. The minimum atomic E-state index is -0.371. The molecule has 1 rings (SSSR count). The van der Waals surface area contributed by atoms with E-state index in [1.807, 2.05) is 39.0 Å². The maximum atomic E-state index is 10.9. The number of carbonyl (C=O) groups excluding carboxylic acids is 1. The third-order valence-electron chi connectivity index (χ3n) is 2.46. The molecule has 1 aromatic carbocycles. The number of hydrogen-bond donors (Lipinski definition) is 3. The first-order valence-corrected chi connectivity index (χ1v) is 5.23. The fraction of sp³-hybridized carbons (Fsp3) is 0.417. The Bertz CT molecular complexity index is 399. The van der Waals surface area contributed by atoms with Crippen molar-refractivity contribution in [3.63, 3.8) is 0 Å². The normalized spacial score (nSPS) is 11.2. The third-order valence-corrected chi connectivity index (χ3v) is 2.46. The average molecular weight is 221 g/mol. The molecule has 0 fully saturated rings. The van der Waals surface area contributed by atoms with E-state index in [2.05, 4.69) is 5.32 Å². The van der Waals surface area contributed by atoms with Gasteiger partial charge in [0, 0.05) is 23.3 Å². The van der Waals surface area contributed by atoms with Gasteiger partial charge in [-0.1, -0.05) is 6.07 Å². The molecule has 0 atom stereocenters. The molecule has 0 bridgehead atoms. The number of anilines is 2. The van der Waals surface area contributed by atoms with E-state index >= 15 is 0 Å². The molecule has 0 aliphatic heterocycles. The van der Waals surface area contributed by atoms with Crippen LogP contribution in [-0.4, -0.2) is 11.4 Å². The summed E-state index contributed by atoms with van der Waals surface area (Å²) < 4.78 is 0. The molecule has 0 saturated heterocycles. The van der Waals surface area contributed by atoms with Gasteiger partial charge in [0.05, 0.1) is 0 Å². The number of nitrogen functional groups attached to an aromatic ring is 1. The lowest BCUT2D eigenvalue weighted by Gasteiger charge is -2.27. The standard InChI is InChI=1S/C12H19N3O/c1-8-9(13)5-4-6-10(8)15-12(2,3)7-11(14)16/h4-6,15H,7,13H2,1-3H3,(H2,14,16). The van der Waals surface area contributed by atoms with Crippen molar-refractivity contribution in [2.45, 2.75) is 32.7 Å². The van der Waals surface area contributed by atoms with Gasteiger partial charge in [0.15, 0.2) is 0 Å². The van der Waals surface area contributed by atoms with Crippen LogP contribution in [0.25, 0.3) is 0 Å². The highest BCUT2D eigenvalue weighted by molar-refractivity contribution is 5.76. The first-order valence-electron chi connectivity index (χ1n) is 5.23. The molecule has 5 N–H and O–H groups in total. The largest absolute Gasteiger partial charge is 0.398 e. The molecule has 0 heterocycles. The summed E-state index contributed by atoms with van der Waals surface area (Å²) in [6, 6.07) is 5.67. The molecule has 0 aliphatic carbocycles. The van der Waals surface area contributed by atoms with E-state index in [1.165, 1.54) is 0 Å². The fourth-order valence-electron chi connectivity index (χ4n) is 1.63. The summed E-state index contributed by atoms with van der Waals surface area (Å²) in [6.45, 7) is 5.80. The SMILES string of the molecule is Cc1c(N)cccc1NC(C)(C)CC(N)=O. The molecule has 1 aromatic rings. The maximum Gasteiger partial charge on any atom is 0.219 e. The summed E-state index contributed by atoms with van der Waals surface area (Å²) in [5.41, 5.74) is 13.3. The van der Waals surface area contributed by atoms with Crippen LogP contribution in [0.2, 0.25) is 0 Å². The number of nitrogens with two attached hydrogens (primary N) is 2. The van der Waals surface area contributed by atoms with Crippen LogP contribution < -0.4 is 16.8 Å². The molecule has 1 amide bonds. The zero-order chi connectivity index (χ0) is 12.3. The van der Waals surface area contributed by atoms with E-state index in [0.29, 0.717) is 0 Å². The Morgan fingerprint density at radius 2 is 2.06 bits per heavy atom. The lowest BCUT2D eigenvalue weighted by molar-refractivity contribution is -0.118. The first-order chi connectivity index (χ1) is 7.32. The van der Waals surface area contributed by atoms with Gasteiger partial charge in [0.2, 0.25) is 5.91 Å². The second-order valence-corrected chi connectivity index (χ2v) is 4.67. The number of carbonyl (C=O) groups is 1. The summed E-state index contributed by atoms with van der Waals surface area (Å²) in [5, 5.41) is 3.28. The maximum absolute atomic E-state index is 10.9. The highest BCUT2D eigenvalue weighted by Gasteiger charge is 2.20. The number of hydrogen-bond acceptors (Lipinski definition) is 3. The molecule has 0 saturated carbocycles. The fourth-order valence-corrected chi connectivity index (χ4v) is 1.63. The number of rotatable bonds is 4.